The standard InChI is InChI=1S/C10H6BrIS/c11-8-3-1-2-7(6-8)9-4-5-13-10(9)12/h1-6H. The minimum Gasteiger partial charge on any atom is -0.137 e. The Morgan fingerprint density at radius 2 is 2.08 bits per heavy atom. The molecule has 3 heteroatoms. The number of benzene rings is 1. The first-order valence-corrected chi connectivity index (χ1v) is 6.51. The van der Waals surface area contributed by atoms with Gasteiger partial charge < -0.3 is 0 Å². The molecule has 0 nitrogen and oxygen atoms in total. The number of thiophene rings is 1. The third-order valence-corrected chi connectivity index (χ3v) is 4.29. The van der Waals surface area contributed by atoms with E-state index in [0.29, 0.717) is 0 Å². The van der Waals surface area contributed by atoms with Crippen LogP contribution < -0.4 is 0 Å². The smallest absolute Gasteiger partial charge is 0.0731 e. The molecule has 0 saturated heterocycles. The van der Waals surface area contributed by atoms with Gasteiger partial charge in [0.25, 0.3) is 0 Å². The van der Waals surface area contributed by atoms with E-state index in [1.54, 1.807) is 11.3 Å². The summed E-state index contributed by atoms with van der Waals surface area (Å²) in [7, 11) is 0. The van der Waals surface area contributed by atoms with Crippen molar-refractivity contribution in [3.05, 3.63) is 43.1 Å². The molecular weight excluding hydrogens is 359 g/mol. The Bertz CT molecular complexity index is 422. The van der Waals surface area contributed by atoms with Crippen LogP contribution in [-0.4, -0.2) is 0 Å². The fourth-order valence-electron chi connectivity index (χ4n) is 1.16. The van der Waals surface area contributed by atoms with Gasteiger partial charge >= 0.3 is 0 Å². The maximum atomic E-state index is 3.47. The van der Waals surface area contributed by atoms with Gasteiger partial charge in [-0.3, -0.25) is 0 Å². The lowest BCUT2D eigenvalue weighted by Gasteiger charge is -1.99. The van der Waals surface area contributed by atoms with Crippen LogP contribution in [0, 0.1) is 2.88 Å². The highest BCUT2D eigenvalue weighted by atomic mass is 127. The molecule has 1 aromatic heterocycles. The molecule has 2 rings (SSSR count). The normalized spacial score (nSPS) is 10.3. The van der Waals surface area contributed by atoms with Gasteiger partial charge in [-0.25, -0.2) is 0 Å². The molecule has 1 heterocycles. The van der Waals surface area contributed by atoms with Gasteiger partial charge in [0.15, 0.2) is 0 Å². The highest BCUT2D eigenvalue weighted by Gasteiger charge is 2.03. The van der Waals surface area contributed by atoms with Gasteiger partial charge in [-0.15, -0.1) is 11.3 Å². The van der Waals surface area contributed by atoms with Crippen molar-refractivity contribution in [3.8, 4) is 11.1 Å². The summed E-state index contributed by atoms with van der Waals surface area (Å²) in [6, 6.07) is 10.5. The lowest BCUT2D eigenvalue weighted by atomic mass is 10.1. The maximum absolute atomic E-state index is 3.47. The van der Waals surface area contributed by atoms with Gasteiger partial charge in [0.2, 0.25) is 0 Å². The van der Waals surface area contributed by atoms with Gasteiger partial charge in [-0.1, -0.05) is 28.1 Å². The Balaban J connectivity index is 2.53. The topological polar surface area (TPSA) is 0 Å². The molecular formula is C10H6BrIS. The molecule has 0 fully saturated rings. The number of hydrogen-bond acceptors (Lipinski definition) is 1. The van der Waals surface area contributed by atoms with E-state index in [1.165, 1.54) is 14.0 Å². The predicted octanol–water partition coefficient (Wildman–Crippen LogP) is 4.78. The van der Waals surface area contributed by atoms with Gasteiger partial charge in [0, 0.05) is 10.0 Å². The minimum absolute atomic E-state index is 1.13. The van der Waals surface area contributed by atoms with E-state index in [4.69, 9.17) is 0 Å². The van der Waals surface area contributed by atoms with Crippen molar-refractivity contribution in [2.24, 2.45) is 0 Å². The Morgan fingerprint density at radius 1 is 1.23 bits per heavy atom. The molecule has 2 aromatic rings. The van der Waals surface area contributed by atoms with E-state index in [1.807, 2.05) is 6.07 Å². The molecule has 0 unspecified atom stereocenters. The average molecular weight is 365 g/mol. The van der Waals surface area contributed by atoms with Crippen molar-refractivity contribution in [2.45, 2.75) is 0 Å². The molecule has 0 aliphatic rings. The number of rotatable bonds is 1. The Kier molecular flexibility index (Phi) is 3.06. The molecule has 0 aliphatic carbocycles. The second kappa shape index (κ2) is 4.11. The molecule has 0 spiro atoms. The van der Waals surface area contributed by atoms with Crippen molar-refractivity contribution in [3.63, 3.8) is 0 Å². The summed E-state index contributed by atoms with van der Waals surface area (Å²) in [5.41, 5.74) is 2.60. The zero-order chi connectivity index (χ0) is 9.26. The summed E-state index contributed by atoms with van der Waals surface area (Å²) < 4.78 is 2.47. The largest absolute Gasteiger partial charge is 0.137 e. The quantitative estimate of drug-likeness (QED) is 0.638. The van der Waals surface area contributed by atoms with Gasteiger partial charge in [-0.2, -0.15) is 0 Å². The SMILES string of the molecule is Brc1cccc(-c2ccsc2I)c1. The molecule has 0 atom stereocenters. The van der Waals surface area contributed by atoms with Crippen molar-refractivity contribution in [1.82, 2.24) is 0 Å². The van der Waals surface area contributed by atoms with Crippen LogP contribution in [0.4, 0.5) is 0 Å². The maximum Gasteiger partial charge on any atom is 0.0731 e. The summed E-state index contributed by atoms with van der Waals surface area (Å²) >= 11 is 7.62. The van der Waals surface area contributed by atoms with Crippen molar-refractivity contribution in [2.75, 3.05) is 0 Å². The first-order valence-electron chi connectivity index (χ1n) is 3.76. The minimum atomic E-state index is 1.13. The molecule has 1 aromatic carbocycles. The van der Waals surface area contributed by atoms with Crippen LogP contribution in [0.3, 0.4) is 0 Å². The molecule has 0 bridgehead atoms. The highest BCUT2D eigenvalue weighted by Crippen LogP contribution is 2.30. The second-order valence-corrected chi connectivity index (χ2v) is 6.26. The summed E-state index contributed by atoms with van der Waals surface area (Å²) in [5.74, 6) is 0. The van der Waals surface area contributed by atoms with Crippen molar-refractivity contribution >= 4 is 49.9 Å². The van der Waals surface area contributed by atoms with Crippen LogP contribution >= 0.6 is 49.9 Å². The Hall–Kier alpha value is 0.130. The number of hydrogen-bond donors (Lipinski definition) is 0. The van der Waals surface area contributed by atoms with E-state index in [0.717, 1.165) is 4.47 Å². The lowest BCUT2D eigenvalue weighted by Crippen LogP contribution is -1.75. The van der Waals surface area contributed by atoms with E-state index in [9.17, 15) is 0 Å². The summed E-state index contributed by atoms with van der Waals surface area (Å²) in [4.78, 5) is 0. The molecule has 0 radical (unpaired) electrons. The first-order chi connectivity index (χ1) is 6.27. The third kappa shape index (κ3) is 2.14. The van der Waals surface area contributed by atoms with Crippen LogP contribution in [-0.2, 0) is 0 Å². The Morgan fingerprint density at radius 3 is 2.69 bits per heavy atom. The summed E-state index contributed by atoms with van der Waals surface area (Å²) in [5, 5.41) is 2.12. The monoisotopic (exact) mass is 364 g/mol. The number of halogens is 2. The average Bonchev–Trinajstić information content (AvgIpc) is 2.51. The second-order valence-electron chi connectivity index (χ2n) is 2.62. The van der Waals surface area contributed by atoms with E-state index in [2.05, 4.69) is 68.2 Å². The molecule has 0 saturated carbocycles. The van der Waals surface area contributed by atoms with Crippen LogP contribution in [0.2, 0.25) is 0 Å². The summed E-state index contributed by atoms with van der Waals surface area (Å²) in [6.07, 6.45) is 0. The van der Waals surface area contributed by atoms with E-state index >= 15 is 0 Å². The zero-order valence-electron chi connectivity index (χ0n) is 6.63. The predicted molar refractivity (Wildman–Crippen MR) is 70.2 cm³/mol. The zero-order valence-corrected chi connectivity index (χ0v) is 11.2. The fraction of sp³-hybridized carbons (Fsp3) is 0. The molecule has 0 N–H and O–H groups in total. The highest BCUT2D eigenvalue weighted by molar-refractivity contribution is 14.1. The van der Waals surface area contributed by atoms with Crippen molar-refractivity contribution in [1.29, 1.82) is 0 Å². The molecule has 0 amide bonds. The van der Waals surface area contributed by atoms with Gasteiger partial charge in [0.1, 0.15) is 0 Å². The fourth-order valence-corrected chi connectivity index (χ4v) is 3.12. The van der Waals surface area contributed by atoms with Crippen molar-refractivity contribution < 1.29 is 0 Å². The van der Waals surface area contributed by atoms with Crippen LogP contribution in [0.1, 0.15) is 0 Å². The lowest BCUT2D eigenvalue weighted by molar-refractivity contribution is 1.62. The summed E-state index contributed by atoms with van der Waals surface area (Å²) in [6.45, 7) is 0. The van der Waals surface area contributed by atoms with Crippen LogP contribution in [0.25, 0.3) is 11.1 Å². The van der Waals surface area contributed by atoms with E-state index < -0.39 is 0 Å². The van der Waals surface area contributed by atoms with E-state index in [-0.39, 0.29) is 0 Å². The Labute approximate surface area is 103 Å². The third-order valence-electron chi connectivity index (χ3n) is 1.75. The van der Waals surface area contributed by atoms with Gasteiger partial charge in [-0.05, 0) is 51.7 Å². The molecule has 0 aliphatic heterocycles. The molecule has 66 valence electrons. The molecule has 13 heavy (non-hydrogen) atoms. The van der Waals surface area contributed by atoms with Crippen LogP contribution in [0.5, 0.6) is 0 Å². The van der Waals surface area contributed by atoms with Crippen LogP contribution in [0.15, 0.2) is 40.2 Å². The first kappa shape index (κ1) is 9.68. The van der Waals surface area contributed by atoms with Gasteiger partial charge in [0.05, 0.1) is 2.88 Å².